The Morgan fingerprint density at radius 3 is 2.80 bits per heavy atom. The van der Waals surface area contributed by atoms with Crippen LogP contribution in [0.15, 0.2) is 41.0 Å². The van der Waals surface area contributed by atoms with E-state index in [-0.39, 0.29) is 0 Å². The van der Waals surface area contributed by atoms with Gasteiger partial charge < -0.3 is 10.1 Å². The molecule has 0 fully saturated rings. The van der Waals surface area contributed by atoms with Gasteiger partial charge in [-0.15, -0.1) is 0 Å². The minimum atomic E-state index is 0.618. The topological polar surface area (TPSA) is 34.1 Å². The second kappa shape index (κ2) is 7.50. The molecule has 0 radical (unpaired) electrons. The standard InChI is InChI=1S/C15H16BrClN2O/c1-2-7-20-15-6-5-12(8-14(15)17)19-10-13-4-3-11(16)9-18-13/h3-6,8-9,19H,2,7,10H2,1H3. The van der Waals surface area contributed by atoms with E-state index in [1.54, 1.807) is 6.20 Å². The Bertz CT molecular complexity index is 560. The van der Waals surface area contributed by atoms with Gasteiger partial charge in [-0.3, -0.25) is 4.98 Å². The molecule has 0 saturated heterocycles. The van der Waals surface area contributed by atoms with Crippen LogP contribution in [-0.4, -0.2) is 11.6 Å². The normalized spacial score (nSPS) is 10.3. The minimum absolute atomic E-state index is 0.618. The predicted molar refractivity (Wildman–Crippen MR) is 86.5 cm³/mol. The number of pyridine rings is 1. The van der Waals surface area contributed by atoms with Gasteiger partial charge in [0.25, 0.3) is 0 Å². The highest BCUT2D eigenvalue weighted by molar-refractivity contribution is 9.10. The molecule has 1 aromatic heterocycles. The summed E-state index contributed by atoms with van der Waals surface area (Å²) in [4.78, 5) is 4.31. The van der Waals surface area contributed by atoms with Crippen LogP contribution < -0.4 is 10.1 Å². The first-order valence-corrected chi connectivity index (χ1v) is 7.63. The van der Waals surface area contributed by atoms with Gasteiger partial charge in [-0.25, -0.2) is 0 Å². The molecule has 0 unspecified atom stereocenters. The zero-order valence-electron chi connectivity index (χ0n) is 11.2. The van der Waals surface area contributed by atoms with Crippen molar-refractivity contribution in [3.8, 4) is 5.75 Å². The van der Waals surface area contributed by atoms with Crippen LogP contribution in [0, 0.1) is 0 Å². The lowest BCUT2D eigenvalue weighted by Crippen LogP contribution is -2.02. The first-order chi connectivity index (χ1) is 9.69. The average Bonchev–Trinajstić information content (AvgIpc) is 2.46. The molecule has 0 aliphatic heterocycles. The fraction of sp³-hybridized carbons (Fsp3) is 0.267. The van der Waals surface area contributed by atoms with Gasteiger partial charge in [-0.05, 0) is 52.7 Å². The summed E-state index contributed by atoms with van der Waals surface area (Å²) in [5.74, 6) is 0.723. The van der Waals surface area contributed by atoms with E-state index in [1.165, 1.54) is 0 Å². The number of nitrogens with zero attached hydrogens (tertiary/aromatic N) is 1. The van der Waals surface area contributed by atoms with Crippen LogP contribution in [0.2, 0.25) is 5.02 Å². The Balaban J connectivity index is 1.96. The number of hydrogen-bond donors (Lipinski definition) is 1. The van der Waals surface area contributed by atoms with E-state index in [9.17, 15) is 0 Å². The molecule has 2 aromatic rings. The van der Waals surface area contributed by atoms with E-state index in [4.69, 9.17) is 16.3 Å². The fourth-order valence-electron chi connectivity index (χ4n) is 1.64. The van der Waals surface area contributed by atoms with Crippen LogP contribution in [0.25, 0.3) is 0 Å². The third kappa shape index (κ3) is 4.39. The minimum Gasteiger partial charge on any atom is -0.492 e. The van der Waals surface area contributed by atoms with Gasteiger partial charge in [0.1, 0.15) is 5.75 Å². The fourth-order valence-corrected chi connectivity index (χ4v) is 2.11. The Kier molecular flexibility index (Phi) is 5.68. The SMILES string of the molecule is CCCOc1ccc(NCc2ccc(Br)cn2)cc1Cl. The maximum absolute atomic E-state index is 6.18. The van der Waals surface area contributed by atoms with Crippen molar-refractivity contribution in [1.82, 2.24) is 4.98 Å². The number of halogens is 2. The van der Waals surface area contributed by atoms with Gasteiger partial charge in [0.15, 0.2) is 0 Å². The van der Waals surface area contributed by atoms with Crippen molar-refractivity contribution in [2.75, 3.05) is 11.9 Å². The summed E-state index contributed by atoms with van der Waals surface area (Å²) in [5.41, 5.74) is 1.92. The molecule has 0 amide bonds. The van der Waals surface area contributed by atoms with Gasteiger partial charge in [-0.1, -0.05) is 18.5 Å². The van der Waals surface area contributed by atoms with Crippen LogP contribution >= 0.6 is 27.5 Å². The van der Waals surface area contributed by atoms with Crippen LogP contribution in [-0.2, 0) is 6.54 Å². The van der Waals surface area contributed by atoms with E-state index >= 15 is 0 Å². The van der Waals surface area contributed by atoms with Crippen LogP contribution in [0.4, 0.5) is 5.69 Å². The average molecular weight is 356 g/mol. The molecule has 1 heterocycles. The second-order valence-electron chi connectivity index (χ2n) is 4.31. The van der Waals surface area contributed by atoms with Crippen LogP contribution in [0.3, 0.4) is 0 Å². The van der Waals surface area contributed by atoms with Gasteiger partial charge in [0.2, 0.25) is 0 Å². The Morgan fingerprint density at radius 2 is 2.15 bits per heavy atom. The molecule has 0 saturated carbocycles. The van der Waals surface area contributed by atoms with Gasteiger partial charge >= 0.3 is 0 Å². The molecule has 1 N–H and O–H groups in total. The van der Waals surface area contributed by atoms with Crippen molar-refractivity contribution >= 4 is 33.2 Å². The number of aromatic nitrogens is 1. The Hall–Kier alpha value is -1.26. The lowest BCUT2D eigenvalue weighted by Gasteiger charge is -2.10. The second-order valence-corrected chi connectivity index (χ2v) is 5.64. The molecular weight excluding hydrogens is 340 g/mol. The van der Waals surface area contributed by atoms with E-state index in [2.05, 4.69) is 33.2 Å². The molecule has 1 aromatic carbocycles. The van der Waals surface area contributed by atoms with E-state index in [0.717, 1.165) is 28.0 Å². The highest BCUT2D eigenvalue weighted by Crippen LogP contribution is 2.28. The molecular formula is C15H16BrClN2O. The quantitative estimate of drug-likeness (QED) is 0.800. The Labute approximate surface area is 132 Å². The summed E-state index contributed by atoms with van der Waals surface area (Å²) in [6, 6.07) is 9.65. The molecule has 0 spiro atoms. The van der Waals surface area contributed by atoms with Crippen molar-refractivity contribution < 1.29 is 4.74 Å². The molecule has 20 heavy (non-hydrogen) atoms. The lowest BCUT2D eigenvalue weighted by atomic mass is 10.3. The van der Waals surface area contributed by atoms with Crippen LogP contribution in [0.1, 0.15) is 19.0 Å². The van der Waals surface area contributed by atoms with Gasteiger partial charge in [0.05, 0.1) is 23.9 Å². The van der Waals surface area contributed by atoms with Crippen molar-refractivity contribution in [1.29, 1.82) is 0 Å². The third-order valence-corrected chi connectivity index (χ3v) is 3.42. The summed E-state index contributed by atoms with van der Waals surface area (Å²) < 4.78 is 6.51. The summed E-state index contributed by atoms with van der Waals surface area (Å²) in [6.45, 7) is 3.39. The van der Waals surface area contributed by atoms with Crippen molar-refractivity contribution in [3.63, 3.8) is 0 Å². The molecule has 0 atom stereocenters. The molecule has 3 nitrogen and oxygen atoms in total. The van der Waals surface area contributed by atoms with E-state index in [0.29, 0.717) is 18.2 Å². The molecule has 106 valence electrons. The highest BCUT2D eigenvalue weighted by Gasteiger charge is 2.03. The smallest absolute Gasteiger partial charge is 0.138 e. The summed E-state index contributed by atoms with van der Waals surface area (Å²) >= 11 is 9.55. The molecule has 0 aliphatic rings. The number of nitrogens with one attached hydrogen (secondary N) is 1. The molecule has 5 heteroatoms. The number of anilines is 1. The number of benzene rings is 1. The maximum atomic E-state index is 6.18. The zero-order valence-corrected chi connectivity index (χ0v) is 13.5. The van der Waals surface area contributed by atoms with E-state index in [1.807, 2.05) is 30.3 Å². The summed E-state index contributed by atoms with van der Waals surface area (Å²) in [6.07, 6.45) is 2.75. The monoisotopic (exact) mass is 354 g/mol. The van der Waals surface area contributed by atoms with Crippen LogP contribution in [0.5, 0.6) is 5.75 Å². The maximum Gasteiger partial charge on any atom is 0.138 e. The zero-order chi connectivity index (χ0) is 14.4. The number of hydrogen-bond acceptors (Lipinski definition) is 3. The van der Waals surface area contributed by atoms with Crippen molar-refractivity contribution in [2.24, 2.45) is 0 Å². The first-order valence-electron chi connectivity index (χ1n) is 6.45. The predicted octanol–water partition coefficient (Wildman–Crippen LogP) is 4.90. The first kappa shape index (κ1) is 15.1. The largest absolute Gasteiger partial charge is 0.492 e. The number of rotatable bonds is 6. The summed E-state index contributed by atoms with van der Waals surface area (Å²) in [5, 5.41) is 3.90. The lowest BCUT2D eigenvalue weighted by molar-refractivity contribution is 0.317. The molecule has 2 rings (SSSR count). The van der Waals surface area contributed by atoms with E-state index < -0.39 is 0 Å². The van der Waals surface area contributed by atoms with Gasteiger partial charge in [-0.2, -0.15) is 0 Å². The summed E-state index contributed by atoms with van der Waals surface area (Å²) in [7, 11) is 0. The third-order valence-electron chi connectivity index (χ3n) is 2.66. The molecule has 0 bridgehead atoms. The van der Waals surface area contributed by atoms with Crippen molar-refractivity contribution in [2.45, 2.75) is 19.9 Å². The van der Waals surface area contributed by atoms with Crippen molar-refractivity contribution in [3.05, 3.63) is 51.7 Å². The highest BCUT2D eigenvalue weighted by atomic mass is 79.9. The van der Waals surface area contributed by atoms with Gasteiger partial charge in [0, 0.05) is 16.4 Å². The Morgan fingerprint density at radius 1 is 1.30 bits per heavy atom. The molecule has 0 aliphatic carbocycles. The number of ether oxygens (including phenoxy) is 1.